The van der Waals surface area contributed by atoms with E-state index in [4.69, 9.17) is 0 Å². The Balaban J connectivity index is 2.24. The number of hydrogen-bond acceptors (Lipinski definition) is 3. The predicted molar refractivity (Wildman–Crippen MR) is 38.5 cm³/mol. The molecule has 0 fully saturated rings. The van der Waals surface area contributed by atoms with E-state index in [1.165, 1.54) is 5.01 Å². The van der Waals surface area contributed by atoms with E-state index in [-0.39, 0.29) is 0 Å². The minimum absolute atomic E-state index is 0.568. The molecule has 2 rings (SSSR count). The van der Waals surface area contributed by atoms with Gasteiger partial charge in [0.15, 0.2) is 0 Å². The van der Waals surface area contributed by atoms with Crippen LogP contribution in [0.3, 0.4) is 0 Å². The molecule has 0 atom stereocenters. The first kappa shape index (κ1) is 6.33. The molecule has 1 N–H and O–H groups in total. The number of H-pyrrole nitrogens is 1. The predicted octanol–water partition coefficient (Wildman–Crippen LogP) is 0.449. The fourth-order valence-electron chi connectivity index (χ4n) is 1.27. The van der Waals surface area contributed by atoms with E-state index in [1.807, 2.05) is 0 Å². The molecule has 0 bridgehead atoms. The summed E-state index contributed by atoms with van der Waals surface area (Å²) in [6, 6.07) is 0. The van der Waals surface area contributed by atoms with Crippen molar-refractivity contribution in [1.29, 1.82) is 0 Å². The Hall–Kier alpha value is -1.39. The van der Waals surface area contributed by atoms with Gasteiger partial charge in [-0.1, -0.05) is 0 Å². The molecule has 0 spiro atoms. The maximum atomic E-state index is 10.1. The first-order valence-electron chi connectivity index (χ1n) is 3.49. The van der Waals surface area contributed by atoms with Gasteiger partial charge in [0.2, 0.25) is 0 Å². The van der Waals surface area contributed by atoms with E-state index in [0.717, 1.165) is 17.8 Å². The Morgan fingerprint density at radius 3 is 3.45 bits per heavy atom. The average molecular weight is 152 g/mol. The molecule has 1 aliphatic heterocycles. The Morgan fingerprint density at radius 1 is 1.73 bits per heavy atom. The zero-order valence-corrected chi connectivity index (χ0v) is 5.95. The van der Waals surface area contributed by atoms with Crippen molar-refractivity contribution in [3.05, 3.63) is 22.6 Å². The van der Waals surface area contributed by atoms with Gasteiger partial charge < -0.3 is 4.98 Å². The van der Waals surface area contributed by atoms with Crippen molar-refractivity contribution >= 4 is 0 Å². The van der Waals surface area contributed by atoms with Gasteiger partial charge in [0.1, 0.15) is 0 Å². The lowest BCUT2D eigenvalue weighted by molar-refractivity contribution is 0.259. The number of nitrogens with zero attached hydrogens (tertiary/aromatic N) is 3. The molecule has 1 aliphatic rings. The second-order valence-electron chi connectivity index (χ2n) is 2.55. The van der Waals surface area contributed by atoms with Gasteiger partial charge in [-0.2, -0.15) is 0 Å². The third kappa shape index (κ3) is 0.978. The highest BCUT2D eigenvalue weighted by molar-refractivity contribution is 5.13. The molecule has 1 aromatic rings. The molecule has 0 aliphatic carbocycles. The number of fused-ring (bicyclic) bond motifs is 1. The summed E-state index contributed by atoms with van der Waals surface area (Å²) in [4.78, 5) is 17.2. The number of aromatic nitrogens is 2. The molecule has 1 aromatic heterocycles. The van der Waals surface area contributed by atoms with Crippen molar-refractivity contribution in [1.82, 2.24) is 15.0 Å². The van der Waals surface area contributed by atoms with Crippen LogP contribution >= 0.6 is 0 Å². The van der Waals surface area contributed by atoms with Crippen molar-refractivity contribution in [2.45, 2.75) is 13.0 Å². The van der Waals surface area contributed by atoms with Crippen LogP contribution in [0.25, 0.3) is 0 Å². The summed E-state index contributed by atoms with van der Waals surface area (Å²) in [6.07, 6.45) is 2.46. The lowest BCUT2D eigenvalue weighted by Gasteiger charge is -2.19. The number of rotatable bonds is 1. The maximum Gasteiger partial charge on any atom is 0.0925 e. The SMILES string of the molecule is O=NN1CCc2nc[nH]c2C1. The molecule has 5 nitrogen and oxygen atoms in total. The second kappa shape index (κ2) is 2.34. The van der Waals surface area contributed by atoms with Crippen molar-refractivity contribution in [2.24, 2.45) is 5.29 Å². The first-order chi connectivity index (χ1) is 5.40. The summed E-state index contributed by atoms with van der Waals surface area (Å²) < 4.78 is 0. The highest BCUT2D eigenvalue weighted by atomic mass is 16.3. The molecule has 0 aromatic carbocycles. The summed E-state index contributed by atoms with van der Waals surface area (Å²) >= 11 is 0. The Morgan fingerprint density at radius 2 is 2.64 bits per heavy atom. The van der Waals surface area contributed by atoms with Crippen LogP contribution in [0.5, 0.6) is 0 Å². The third-order valence-electron chi connectivity index (χ3n) is 1.87. The minimum Gasteiger partial charge on any atom is -0.347 e. The van der Waals surface area contributed by atoms with Gasteiger partial charge in [0.25, 0.3) is 0 Å². The summed E-state index contributed by atoms with van der Waals surface area (Å²) in [5.41, 5.74) is 2.07. The van der Waals surface area contributed by atoms with Crippen LogP contribution in [0.1, 0.15) is 11.4 Å². The zero-order valence-electron chi connectivity index (χ0n) is 5.95. The molecular formula is C6H8N4O. The van der Waals surface area contributed by atoms with Crippen LogP contribution in [0.4, 0.5) is 0 Å². The van der Waals surface area contributed by atoms with Gasteiger partial charge in [-0.3, -0.25) is 5.01 Å². The van der Waals surface area contributed by atoms with Crippen LogP contribution in [0.15, 0.2) is 11.6 Å². The van der Waals surface area contributed by atoms with Crippen molar-refractivity contribution in [2.75, 3.05) is 6.54 Å². The van der Waals surface area contributed by atoms with Crippen LogP contribution < -0.4 is 0 Å². The number of hydrogen-bond donors (Lipinski definition) is 1. The minimum atomic E-state index is 0.568. The topological polar surface area (TPSA) is 61.4 Å². The van der Waals surface area contributed by atoms with Crippen LogP contribution in [0.2, 0.25) is 0 Å². The van der Waals surface area contributed by atoms with E-state index in [1.54, 1.807) is 6.33 Å². The molecule has 58 valence electrons. The van der Waals surface area contributed by atoms with Gasteiger partial charge in [0, 0.05) is 13.0 Å². The maximum absolute atomic E-state index is 10.1. The molecule has 0 unspecified atom stereocenters. The standard InChI is InChI=1S/C6H8N4O/c11-9-10-2-1-5-6(3-10)8-4-7-5/h4H,1-3H2,(H,7,8). The fraction of sp³-hybridized carbons (Fsp3) is 0.500. The van der Waals surface area contributed by atoms with Crippen LogP contribution in [-0.2, 0) is 13.0 Å². The quantitative estimate of drug-likeness (QED) is 0.594. The van der Waals surface area contributed by atoms with Gasteiger partial charge >= 0.3 is 0 Å². The Kier molecular flexibility index (Phi) is 1.34. The highest BCUT2D eigenvalue weighted by Gasteiger charge is 2.16. The van der Waals surface area contributed by atoms with Gasteiger partial charge in [-0.15, -0.1) is 4.91 Å². The van der Waals surface area contributed by atoms with Gasteiger partial charge in [-0.05, 0) is 0 Å². The summed E-state index contributed by atoms with van der Waals surface area (Å²) in [5.74, 6) is 0. The molecule has 0 radical (unpaired) electrons. The molecule has 2 heterocycles. The molecule has 11 heavy (non-hydrogen) atoms. The number of nitroso groups, excluding NO2 is 1. The Bertz CT molecular complexity index is 269. The van der Waals surface area contributed by atoms with Crippen molar-refractivity contribution in [3.8, 4) is 0 Å². The largest absolute Gasteiger partial charge is 0.347 e. The van der Waals surface area contributed by atoms with E-state index in [2.05, 4.69) is 15.3 Å². The van der Waals surface area contributed by atoms with E-state index in [9.17, 15) is 4.91 Å². The van der Waals surface area contributed by atoms with Crippen molar-refractivity contribution in [3.63, 3.8) is 0 Å². The monoisotopic (exact) mass is 152 g/mol. The highest BCUT2D eigenvalue weighted by Crippen LogP contribution is 2.13. The van der Waals surface area contributed by atoms with Crippen LogP contribution in [0, 0.1) is 4.91 Å². The molecule has 0 saturated heterocycles. The second-order valence-corrected chi connectivity index (χ2v) is 2.55. The average Bonchev–Trinajstić information content (AvgIpc) is 2.50. The van der Waals surface area contributed by atoms with Gasteiger partial charge in [-0.25, -0.2) is 4.98 Å². The smallest absolute Gasteiger partial charge is 0.0925 e. The summed E-state index contributed by atoms with van der Waals surface area (Å²) in [5, 5.41) is 4.35. The first-order valence-corrected chi connectivity index (χ1v) is 3.49. The van der Waals surface area contributed by atoms with E-state index >= 15 is 0 Å². The number of aromatic amines is 1. The fourth-order valence-corrected chi connectivity index (χ4v) is 1.27. The molecule has 5 heteroatoms. The van der Waals surface area contributed by atoms with Crippen LogP contribution in [-0.4, -0.2) is 21.5 Å². The third-order valence-corrected chi connectivity index (χ3v) is 1.87. The number of nitrogens with one attached hydrogen (secondary N) is 1. The normalized spacial score (nSPS) is 16.2. The summed E-state index contributed by atoms with van der Waals surface area (Å²) in [6.45, 7) is 1.25. The zero-order chi connectivity index (χ0) is 7.68. The van der Waals surface area contributed by atoms with E-state index < -0.39 is 0 Å². The lowest BCUT2D eigenvalue weighted by atomic mass is 10.2. The molecule has 0 saturated carbocycles. The van der Waals surface area contributed by atoms with Gasteiger partial charge in [0.05, 0.1) is 29.5 Å². The van der Waals surface area contributed by atoms with E-state index in [0.29, 0.717) is 13.1 Å². The van der Waals surface area contributed by atoms with Crippen molar-refractivity contribution < 1.29 is 0 Å². The lowest BCUT2D eigenvalue weighted by Crippen LogP contribution is -2.25. The molecular weight excluding hydrogens is 144 g/mol. The Labute approximate surface area is 63.4 Å². The summed E-state index contributed by atoms with van der Waals surface area (Å²) in [7, 11) is 0. The molecule has 0 amide bonds. The number of imidazole rings is 1.